The number of carbonyl (C=O) groups is 1. The molecule has 1 amide bonds. The van der Waals surface area contributed by atoms with Crippen molar-refractivity contribution in [3.8, 4) is 5.75 Å². The molecule has 3 aromatic carbocycles. The van der Waals surface area contributed by atoms with Crippen LogP contribution < -0.4 is 14.4 Å². The van der Waals surface area contributed by atoms with Gasteiger partial charge in [0.15, 0.2) is 0 Å². The van der Waals surface area contributed by atoms with Gasteiger partial charge in [0.05, 0.1) is 10.5 Å². The molecule has 1 heterocycles. The first-order valence-corrected chi connectivity index (χ1v) is 13.9. The molecule has 1 aromatic heterocycles. The van der Waals surface area contributed by atoms with E-state index in [0.29, 0.717) is 25.5 Å². The number of hydrogen-bond acceptors (Lipinski definition) is 6. The third-order valence-corrected chi connectivity index (χ3v) is 7.46. The summed E-state index contributed by atoms with van der Waals surface area (Å²) in [4.78, 5) is 19.1. The van der Waals surface area contributed by atoms with E-state index in [1.165, 1.54) is 18.3 Å². The van der Waals surface area contributed by atoms with Gasteiger partial charge < -0.3 is 9.64 Å². The molecule has 9 heteroatoms. The SMILES string of the molecule is CCN(Cc1cc(Br)ccc1OCc1ccccc1)c1ccc(C(=O)NS(=O)(=O)c2ccccc2)cn1. The number of anilines is 1. The van der Waals surface area contributed by atoms with E-state index in [-0.39, 0.29) is 10.5 Å². The minimum Gasteiger partial charge on any atom is -0.489 e. The van der Waals surface area contributed by atoms with E-state index in [2.05, 4.69) is 25.6 Å². The first-order chi connectivity index (χ1) is 17.9. The fourth-order valence-electron chi connectivity index (χ4n) is 3.66. The Morgan fingerprint density at radius 1 is 0.973 bits per heavy atom. The van der Waals surface area contributed by atoms with Gasteiger partial charge in [-0.05, 0) is 55.0 Å². The molecule has 0 aliphatic carbocycles. The van der Waals surface area contributed by atoms with Gasteiger partial charge in [0.1, 0.15) is 18.2 Å². The van der Waals surface area contributed by atoms with E-state index in [1.807, 2.05) is 60.4 Å². The van der Waals surface area contributed by atoms with Gasteiger partial charge in [0.25, 0.3) is 15.9 Å². The summed E-state index contributed by atoms with van der Waals surface area (Å²) < 4.78 is 34.1. The zero-order valence-electron chi connectivity index (χ0n) is 20.2. The van der Waals surface area contributed by atoms with Crippen molar-refractivity contribution in [1.29, 1.82) is 0 Å². The van der Waals surface area contributed by atoms with E-state index >= 15 is 0 Å². The number of halogens is 1. The zero-order valence-corrected chi connectivity index (χ0v) is 22.6. The summed E-state index contributed by atoms with van der Waals surface area (Å²) in [6, 6.07) is 26.9. The fourth-order valence-corrected chi connectivity index (χ4v) is 5.06. The Hall–Kier alpha value is -3.69. The molecule has 7 nitrogen and oxygen atoms in total. The second kappa shape index (κ2) is 12.0. The molecule has 0 bridgehead atoms. The standard InChI is InChI=1S/C28H26BrN3O4S/c1-2-32(19-23-17-24(29)14-15-26(23)36-20-21-9-5-3-6-10-21)27-16-13-22(18-30-27)28(33)31-37(34,35)25-11-7-4-8-12-25/h3-18H,2,19-20H2,1H3,(H,31,33). The van der Waals surface area contributed by atoms with E-state index in [9.17, 15) is 13.2 Å². The van der Waals surface area contributed by atoms with Gasteiger partial charge in [0, 0.05) is 29.3 Å². The van der Waals surface area contributed by atoms with Crippen LogP contribution in [-0.4, -0.2) is 25.9 Å². The molecule has 0 aliphatic heterocycles. The molecule has 0 atom stereocenters. The van der Waals surface area contributed by atoms with Crippen LogP contribution in [0.2, 0.25) is 0 Å². The third kappa shape index (κ3) is 6.96. The number of hydrogen-bond donors (Lipinski definition) is 1. The molecule has 190 valence electrons. The Kier molecular flexibility index (Phi) is 8.58. The second-order valence-corrected chi connectivity index (χ2v) is 10.8. The number of aromatic nitrogens is 1. The van der Waals surface area contributed by atoms with Gasteiger partial charge in [0.2, 0.25) is 0 Å². The number of rotatable bonds is 10. The van der Waals surface area contributed by atoms with Crippen LogP contribution in [0.5, 0.6) is 5.75 Å². The number of nitrogens with one attached hydrogen (secondary N) is 1. The van der Waals surface area contributed by atoms with Crippen molar-refractivity contribution in [3.63, 3.8) is 0 Å². The number of sulfonamides is 1. The number of amides is 1. The molecule has 0 fully saturated rings. The van der Waals surface area contributed by atoms with Gasteiger partial charge in [-0.3, -0.25) is 4.79 Å². The van der Waals surface area contributed by atoms with Gasteiger partial charge in [-0.25, -0.2) is 18.1 Å². The van der Waals surface area contributed by atoms with E-state index in [4.69, 9.17) is 4.74 Å². The number of nitrogens with zero attached hydrogens (tertiary/aromatic N) is 2. The minimum atomic E-state index is -3.97. The Labute approximate surface area is 225 Å². The average Bonchev–Trinajstić information content (AvgIpc) is 2.92. The lowest BCUT2D eigenvalue weighted by Gasteiger charge is -2.24. The summed E-state index contributed by atoms with van der Waals surface area (Å²) in [6.45, 7) is 3.65. The second-order valence-electron chi connectivity index (χ2n) is 8.19. The predicted molar refractivity (Wildman–Crippen MR) is 147 cm³/mol. The number of benzene rings is 3. The maximum Gasteiger partial charge on any atom is 0.266 e. The van der Waals surface area contributed by atoms with E-state index in [1.54, 1.807) is 30.3 Å². The van der Waals surface area contributed by atoms with Crippen molar-refractivity contribution in [2.24, 2.45) is 0 Å². The highest BCUT2D eigenvalue weighted by Gasteiger charge is 2.19. The normalized spacial score (nSPS) is 11.1. The van der Waals surface area contributed by atoms with Gasteiger partial charge >= 0.3 is 0 Å². The van der Waals surface area contributed by atoms with Crippen molar-refractivity contribution in [1.82, 2.24) is 9.71 Å². The molecule has 0 saturated carbocycles. The fraction of sp³-hybridized carbons (Fsp3) is 0.143. The summed E-state index contributed by atoms with van der Waals surface area (Å²) in [5.41, 5.74) is 2.20. The first-order valence-electron chi connectivity index (χ1n) is 11.6. The summed E-state index contributed by atoms with van der Waals surface area (Å²) >= 11 is 3.54. The largest absolute Gasteiger partial charge is 0.489 e. The maximum atomic E-state index is 12.6. The molecule has 0 aliphatic rings. The summed E-state index contributed by atoms with van der Waals surface area (Å²) in [5.74, 6) is 0.682. The molecular weight excluding hydrogens is 554 g/mol. The highest BCUT2D eigenvalue weighted by molar-refractivity contribution is 9.10. The lowest BCUT2D eigenvalue weighted by molar-refractivity contribution is 0.0981. The highest BCUT2D eigenvalue weighted by Crippen LogP contribution is 2.27. The molecule has 37 heavy (non-hydrogen) atoms. The first kappa shape index (κ1) is 26.4. The smallest absolute Gasteiger partial charge is 0.266 e. The van der Waals surface area contributed by atoms with Crippen LogP contribution >= 0.6 is 15.9 Å². The van der Waals surface area contributed by atoms with Crippen molar-refractivity contribution >= 4 is 37.7 Å². The molecule has 0 unspecified atom stereocenters. The quantitative estimate of drug-likeness (QED) is 0.264. The molecular formula is C28H26BrN3O4S. The monoisotopic (exact) mass is 579 g/mol. The van der Waals surface area contributed by atoms with Crippen LogP contribution in [0.1, 0.15) is 28.4 Å². The van der Waals surface area contributed by atoms with Crippen LogP contribution in [0.15, 0.2) is 107 Å². The lowest BCUT2D eigenvalue weighted by atomic mass is 10.1. The molecule has 0 radical (unpaired) electrons. The van der Waals surface area contributed by atoms with Crippen molar-refractivity contribution < 1.29 is 17.9 Å². The van der Waals surface area contributed by atoms with Crippen molar-refractivity contribution in [2.45, 2.75) is 25.0 Å². The lowest BCUT2D eigenvalue weighted by Crippen LogP contribution is -2.30. The topological polar surface area (TPSA) is 88.6 Å². The molecule has 1 N–H and O–H groups in total. The van der Waals surface area contributed by atoms with Gasteiger partial charge in [-0.1, -0.05) is 64.5 Å². The Morgan fingerprint density at radius 2 is 1.68 bits per heavy atom. The average molecular weight is 581 g/mol. The molecule has 0 saturated heterocycles. The van der Waals surface area contributed by atoms with Crippen molar-refractivity contribution in [3.05, 3.63) is 118 Å². The Balaban J connectivity index is 1.47. The summed E-state index contributed by atoms with van der Waals surface area (Å²) in [7, 11) is -3.97. The molecule has 4 rings (SSSR count). The van der Waals surface area contributed by atoms with Crippen LogP contribution in [0.3, 0.4) is 0 Å². The van der Waals surface area contributed by atoms with E-state index in [0.717, 1.165) is 21.3 Å². The van der Waals surface area contributed by atoms with Gasteiger partial charge in [-0.15, -0.1) is 0 Å². The van der Waals surface area contributed by atoms with E-state index < -0.39 is 15.9 Å². The van der Waals surface area contributed by atoms with Crippen LogP contribution in [0.4, 0.5) is 5.82 Å². The number of pyridine rings is 1. The van der Waals surface area contributed by atoms with Crippen LogP contribution in [0, 0.1) is 0 Å². The Bertz CT molecular complexity index is 1450. The molecule has 0 spiro atoms. The number of carbonyl (C=O) groups excluding carboxylic acids is 1. The third-order valence-electron chi connectivity index (χ3n) is 5.62. The van der Waals surface area contributed by atoms with Crippen molar-refractivity contribution in [2.75, 3.05) is 11.4 Å². The van der Waals surface area contributed by atoms with Gasteiger partial charge in [-0.2, -0.15) is 0 Å². The minimum absolute atomic E-state index is 0.0180. The predicted octanol–water partition coefficient (Wildman–Crippen LogP) is 5.57. The summed E-state index contributed by atoms with van der Waals surface area (Å²) in [6.07, 6.45) is 1.38. The maximum absolute atomic E-state index is 12.6. The molecule has 4 aromatic rings. The van der Waals surface area contributed by atoms with Crippen LogP contribution in [0.25, 0.3) is 0 Å². The number of ether oxygens (including phenoxy) is 1. The zero-order chi connectivity index (χ0) is 26.3. The summed E-state index contributed by atoms with van der Waals surface area (Å²) in [5, 5.41) is 0. The highest BCUT2D eigenvalue weighted by atomic mass is 79.9. The van der Waals surface area contributed by atoms with Crippen LogP contribution in [-0.2, 0) is 23.2 Å². The Morgan fingerprint density at radius 3 is 2.32 bits per heavy atom.